The Morgan fingerprint density at radius 2 is 2.00 bits per heavy atom. The van der Waals surface area contributed by atoms with Crippen LogP contribution in [0.15, 0.2) is 60.7 Å². The zero-order valence-corrected chi connectivity index (χ0v) is 17.7. The summed E-state index contributed by atoms with van der Waals surface area (Å²) in [5.74, 6) is 0.720. The lowest BCUT2D eigenvalue weighted by Gasteiger charge is -2.30. The molecule has 2 radical (unpaired) electrons. The minimum absolute atomic E-state index is 0.326. The molecule has 4 rings (SSSR count). The number of hydrogen-bond donors (Lipinski definition) is 1. The summed E-state index contributed by atoms with van der Waals surface area (Å²) < 4.78 is 0. The van der Waals surface area contributed by atoms with Crippen LogP contribution in [0.3, 0.4) is 0 Å². The zero-order chi connectivity index (χ0) is 20.3. The molecule has 1 fully saturated rings. The summed E-state index contributed by atoms with van der Waals surface area (Å²) in [6.07, 6.45) is 12.8. The van der Waals surface area contributed by atoms with Gasteiger partial charge < -0.3 is 5.32 Å². The molecule has 2 atom stereocenters. The Kier molecular flexibility index (Phi) is 5.99. The van der Waals surface area contributed by atoms with Crippen LogP contribution in [0.1, 0.15) is 62.1 Å². The van der Waals surface area contributed by atoms with E-state index in [9.17, 15) is 0 Å². The molecule has 2 aromatic rings. The van der Waals surface area contributed by atoms with E-state index in [1.165, 1.54) is 60.1 Å². The van der Waals surface area contributed by atoms with Gasteiger partial charge in [-0.2, -0.15) is 0 Å². The number of allylic oxidation sites excluding steroid dienone is 2. The van der Waals surface area contributed by atoms with E-state index in [1.807, 2.05) is 6.08 Å². The van der Waals surface area contributed by atoms with Gasteiger partial charge in [-0.1, -0.05) is 73.9 Å². The van der Waals surface area contributed by atoms with Crippen LogP contribution in [0.2, 0.25) is 0 Å². The summed E-state index contributed by atoms with van der Waals surface area (Å²) in [5, 5.41) is 3.81. The van der Waals surface area contributed by atoms with Crippen molar-refractivity contribution in [1.29, 1.82) is 0 Å². The second kappa shape index (κ2) is 8.65. The lowest BCUT2D eigenvalue weighted by Crippen LogP contribution is -2.24. The van der Waals surface area contributed by atoms with Gasteiger partial charge in [0.1, 0.15) is 7.85 Å². The Bertz CT molecular complexity index is 895. The topological polar surface area (TPSA) is 12.0 Å². The summed E-state index contributed by atoms with van der Waals surface area (Å²) in [6.45, 7) is 7.31. The second-order valence-corrected chi connectivity index (χ2v) is 8.94. The van der Waals surface area contributed by atoms with E-state index in [-0.39, 0.29) is 0 Å². The standard InChI is InChI=1S/C27H32BN/c1-3-15-27(23-9-11-24(28)12-10-23)16-14-21(18-27)19-29-26-7-5-6-22-17-20(4-2)8-13-25(22)26/h4-7,9-12,17,21,29H,2-3,8,13-16,18-19H2,1H3. The molecular weight excluding hydrogens is 349 g/mol. The minimum atomic E-state index is 0.326. The first-order valence-corrected chi connectivity index (χ1v) is 11.2. The average Bonchev–Trinajstić information content (AvgIpc) is 3.16. The van der Waals surface area contributed by atoms with Crippen LogP contribution in [-0.2, 0) is 11.8 Å². The highest BCUT2D eigenvalue weighted by molar-refractivity contribution is 6.32. The van der Waals surface area contributed by atoms with Crippen molar-refractivity contribution in [3.8, 4) is 0 Å². The third-order valence-corrected chi connectivity index (χ3v) is 7.02. The summed E-state index contributed by atoms with van der Waals surface area (Å²) in [4.78, 5) is 0. The van der Waals surface area contributed by atoms with Gasteiger partial charge in [0, 0.05) is 12.2 Å². The third-order valence-electron chi connectivity index (χ3n) is 7.02. The molecule has 2 unspecified atom stereocenters. The van der Waals surface area contributed by atoms with Gasteiger partial charge in [-0.25, -0.2) is 0 Å². The molecule has 29 heavy (non-hydrogen) atoms. The van der Waals surface area contributed by atoms with E-state index < -0.39 is 0 Å². The summed E-state index contributed by atoms with van der Waals surface area (Å²) in [5.41, 5.74) is 8.15. The lowest BCUT2D eigenvalue weighted by molar-refractivity contribution is 0.384. The number of hydrogen-bond acceptors (Lipinski definition) is 1. The fourth-order valence-corrected chi connectivity index (χ4v) is 5.50. The number of rotatable bonds is 7. The van der Waals surface area contributed by atoms with Crippen LogP contribution >= 0.6 is 0 Å². The second-order valence-electron chi connectivity index (χ2n) is 8.94. The number of benzene rings is 2. The lowest BCUT2D eigenvalue weighted by atomic mass is 9.74. The first-order chi connectivity index (χ1) is 14.1. The maximum absolute atomic E-state index is 5.94. The van der Waals surface area contributed by atoms with E-state index >= 15 is 0 Å². The molecule has 0 heterocycles. The Morgan fingerprint density at radius 1 is 1.17 bits per heavy atom. The van der Waals surface area contributed by atoms with Gasteiger partial charge in [0.05, 0.1) is 0 Å². The summed E-state index contributed by atoms with van der Waals surface area (Å²) in [6, 6.07) is 15.3. The molecule has 2 aromatic carbocycles. The average molecular weight is 381 g/mol. The van der Waals surface area contributed by atoms with Crippen molar-refractivity contribution in [3.05, 3.63) is 77.4 Å². The van der Waals surface area contributed by atoms with Crippen molar-refractivity contribution >= 4 is 25.1 Å². The Labute approximate surface area is 177 Å². The summed E-state index contributed by atoms with van der Waals surface area (Å²) in [7, 11) is 5.94. The molecule has 0 spiro atoms. The molecule has 0 aliphatic heterocycles. The molecular formula is C27H32BN. The SMILES string of the molecule is [B]c1ccc(C2(CCC)CCC(CNc3cccc4c3CCC(C=C)=C4)C2)cc1. The molecule has 1 saturated carbocycles. The molecule has 2 aliphatic carbocycles. The fourth-order valence-electron chi connectivity index (χ4n) is 5.50. The van der Waals surface area contributed by atoms with Gasteiger partial charge >= 0.3 is 0 Å². The largest absolute Gasteiger partial charge is 0.385 e. The van der Waals surface area contributed by atoms with Crippen molar-refractivity contribution in [3.63, 3.8) is 0 Å². The van der Waals surface area contributed by atoms with Gasteiger partial charge in [0.2, 0.25) is 0 Å². The molecule has 0 bridgehead atoms. The fraction of sp³-hybridized carbons (Fsp3) is 0.407. The first kappa shape index (κ1) is 20.1. The van der Waals surface area contributed by atoms with E-state index in [2.05, 4.69) is 67.4 Å². The first-order valence-electron chi connectivity index (χ1n) is 11.2. The van der Waals surface area contributed by atoms with Crippen molar-refractivity contribution in [2.24, 2.45) is 5.92 Å². The highest BCUT2D eigenvalue weighted by atomic mass is 14.9. The third kappa shape index (κ3) is 4.22. The van der Waals surface area contributed by atoms with Gasteiger partial charge in [-0.15, -0.1) is 0 Å². The molecule has 1 nitrogen and oxygen atoms in total. The van der Waals surface area contributed by atoms with Crippen molar-refractivity contribution < 1.29 is 0 Å². The smallest absolute Gasteiger partial charge is 0.113 e. The summed E-state index contributed by atoms with van der Waals surface area (Å²) >= 11 is 0. The van der Waals surface area contributed by atoms with E-state index in [1.54, 1.807) is 0 Å². The van der Waals surface area contributed by atoms with Crippen LogP contribution < -0.4 is 10.8 Å². The molecule has 0 amide bonds. The zero-order valence-electron chi connectivity index (χ0n) is 17.7. The van der Waals surface area contributed by atoms with Crippen LogP contribution in [0.5, 0.6) is 0 Å². The van der Waals surface area contributed by atoms with Crippen LogP contribution in [-0.4, -0.2) is 14.4 Å². The monoisotopic (exact) mass is 381 g/mol. The normalized spacial score (nSPS) is 23.3. The number of fused-ring (bicyclic) bond motifs is 1. The van der Waals surface area contributed by atoms with E-state index in [4.69, 9.17) is 7.85 Å². The maximum Gasteiger partial charge on any atom is 0.113 e. The van der Waals surface area contributed by atoms with Crippen molar-refractivity contribution in [2.45, 2.75) is 57.3 Å². The molecule has 1 N–H and O–H groups in total. The van der Waals surface area contributed by atoms with Crippen LogP contribution in [0.25, 0.3) is 6.08 Å². The Hall–Kier alpha value is -2.22. The van der Waals surface area contributed by atoms with Crippen molar-refractivity contribution in [2.75, 3.05) is 11.9 Å². The van der Waals surface area contributed by atoms with Gasteiger partial charge in [0.25, 0.3) is 0 Å². The van der Waals surface area contributed by atoms with Gasteiger partial charge in [-0.05, 0) is 78.2 Å². The molecule has 2 aliphatic rings. The Morgan fingerprint density at radius 3 is 2.76 bits per heavy atom. The van der Waals surface area contributed by atoms with Crippen LogP contribution in [0, 0.1) is 5.92 Å². The van der Waals surface area contributed by atoms with E-state index in [0.29, 0.717) is 5.41 Å². The Balaban J connectivity index is 1.46. The van der Waals surface area contributed by atoms with Crippen LogP contribution in [0.4, 0.5) is 5.69 Å². The molecule has 0 aromatic heterocycles. The predicted octanol–water partition coefficient (Wildman–Crippen LogP) is 5.95. The highest BCUT2D eigenvalue weighted by Gasteiger charge is 2.39. The molecule has 0 saturated heterocycles. The van der Waals surface area contributed by atoms with Gasteiger partial charge in [0.15, 0.2) is 0 Å². The highest BCUT2D eigenvalue weighted by Crippen LogP contribution is 2.47. The molecule has 148 valence electrons. The maximum atomic E-state index is 5.94. The van der Waals surface area contributed by atoms with Gasteiger partial charge in [-0.3, -0.25) is 0 Å². The number of nitrogens with one attached hydrogen (secondary N) is 1. The predicted molar refractivity (Wildman–Crippen MR) is 127 cm³/mol. The van der Waals surface area contributed by atoms with E-state index in [0.717, 1.165) is 30.8 Å². The molecule has 2 heteroatoms. The van der Waals surface area contributed by atoms with Crippen molar-refractivity contribution in [1.82, 2.24) is 0 Å². The minimum Gasteiger partial charge on any atom is -0.385 e. The number of anilines is 1. The quantitative estimate of drug-likeness (QED) is 0.585.